The molecule has 3 N–H and O–H groups in total. The highest BCUT2D eigenvalue weighted by atomic mass is 19.1. The van der Waals surface area contributed by atoms with Crippen molar-refractivity contribution in [1.82, 2.24) is 0 Å². The van der Waals surface area contributed by atoms with E-state index in [1.807, 2.05) is 0 Å². The highest BCUT2D eigenvalue weighted by Crippen LogP contribution is 2.28. The van der Waals surface area contributed by atoms with Crippen molar-refractivity contribution >= 4 is 5.69 Å². The number of nitrogens with one attached hydrogen (secondary N) is 1. The molecule has 1 aromatic rings. The van der Waals surface area contributed by atoms with Gasteiger partial charge in [0.15, 0.2) is 0 Å². The van der Waals surface area contributed by atoms with Crippen LogP contribution in [0.2, 0.25) is 0 Å². The lowest BCUT2D eigenvalue weighted by atomic mass is 9.81. The Morgan fingerprint density at radius 2 is 1.53 bits per heavy atom. The van der Waals surface area contributed by atoms with Crippen LogP contribution in [-0.2, 0) is 0 Å². The van der Waals surface area contributed by atoms with Crippen molar-refractivity contribution < 1.29 is 4.39 Å². The molecule has 0 aliphatic carbocycles. The van der Waals surface area contributed by atoms with Gasteiger partial charge in [-0.1, -0.05) is 27.7 Å². The lowest BCUT2D eigenvalue weighted by molar-refractivity contribution is 0.317. The summed E-state index contributed by atoms with van der Waals surface area (Å²) in [4.78, 5) is 0. The topological polar surface area (TPSA) is 38.0 Å². The Balaban J connectivity index is 2.91. The lowest BCUT2D eigenvalue weighted by Gasteiger charge is -2.38. The van der Waals surface area contributed by atoms with Crippen LogP contribution in [0.15, 0.2) is 24.3 Å². The SMILES string of the molecule is CC(C)CC(CN)(CC(C)C)Nc1ccc(F)cc1. The van der Waals surface area contributed by atoms with Crippen molar-refractivity contribution in [3.63, 3.8) is 0 Å². The molecule has 0 saturated carbocycles. The van der Waals surface area contributed by atoms with Crippen LogP contribution in [-0.4, -0.2) is 12.1 Å². The van der Waals surface area contributed by atoms with Crippen LogP contribution in [0, 0.1) is 17.7 Å². The van der Waals surface area contributed by atoms with Gasteiger partial charge in [0.1, 0.15) is 5.82 Å². The first-order valence-electron chi connectivity index (χ1n) is 7.11. The van der Waals surface area contributed by atoms with E-state index in [1.165, 1.54) is 12.1 Å². The first-order chi connectivity index (χ1) is 8.87. The Labute approximate surface area is 116 Å². The van der Waals surface area contributed by atoms with Gasteiger partial charge >= 0.3 is 0 Å². The molecule has 2 nitrogen and oxygen atoms in total. The number of hydrogen-bond acceptors (Lipinski definition) is 2. The normalized spacial score (nSPS) is 12.2. The fraction of sp³-hybridized carbons (Fsp3) is 0.625. The summed E-state index contributed by atoms with van der Waals surface area (Å²) in [5.41, 5.74) is 6.87. The number of anilines is 1. The number of hydrogen-bond donors (Lipinski definition) is 2. The molecule has 0 bridgehead atoms. The molecule has 0 saturated heterocycles. The second kappa shape index (κ2) is 6.90. The van der Waals surface area contributed by atoms with E-state index in [-0.39, 0.29) is 11.4 Å². The third kappa shape index (κ3) is 5.19. The summed E-state index contributed by atoms with van der Waals surface area (Å²) in [5, 5.41) is 3.54. The van der Waals surface area contributed by atoms with Gasteiger partial charge < -0.3 is 11.1 Å². The Bertz CT molecular complexity index is 361. The molecule has 19 heavy (non-hydrogen) atoms. The molecular weight excluding hydrogens is 239 g/mol. The van der Waals surface area contributed by atoms with Gasteiger partial charge in [0.05, 0.1) is 5.54 Å². The molecule has 0 atom stereocenters. The highest BCUT2D eigenvalue weighted by Gasteiger charge is 2.30. The first-order valence-corrected chi connectivity index (χ1v) is 7.11. The fourth-order valence-corrected chi connectivity index (χ4v) is 2.81. The van der Waals surface area contributed by atoms with Crippen molar-refractivity contribution in [2.24, 2.45) is 17.6 Å². The van der Waals surface area contributed by atoms with E-state index < -0.39 is 0 Å². The van der Waals surface area contributed by atoms with Crippen LogP contribution in [0.3, 0.4) is 0 Å². The van der Waals surface area contributed by atoms with Crippen LogP contribution < -0.4 is 11.1 Å². The minimum absolute atomic E-state index is 0.111. The number of halogens is 1. The minimum Gasteiger partial charge on any atom is -0.378 e. The van der Waals surface area contributed by atoms with Gasteiger partial charge in [-0.25, -0.2) is 4.39 Å². The quantitative estimate of drug-likeness (QED) is 0.782. The molecule has 0 unspecified atom stereocenters. The summed E-state index contributed by atoms with van der Waals surface area (Å²) in [7, 11) is 0. The third-order valence-electron chi connectivity index (χ3n) is 3.24. The van der Waals surface area contributed by atoms with Crippen LogP contribution in [0.1, 0.15) is 40.5 Å². The van der Waals surface area contributed by atoms with Gasteiger partial charge in [-0.3, -0.25) is 0 Å². The molecular formula is C16H27FN2. The maximum Gasteiger partial charge on any atom is 0.123 e. The maximum absolute atomic E-state index is 13.0. The smallest absolute Gasteiger partial charge is 0.123 e. The van der Waals surface area contributed by atoms with Gasteiger partial charge in [-0.15, -0.1) is 0 Å². The van der Waals surface area contributed by atoms with Gasteiger partial charge in [-0.2, -0.15) is 0 Å². The number of rotatable bonds is 7. The number of nitrogens with two attached hydrogens (primary N) is 1. The average molecular weight is 266 g/mol. The van der Waals surface area contributed by atoms with Crippen molar-refractivity contribution in [1.29, 1.82) is 0 Å². The summed E-state index contributed by atoms with van der Waals surface area (Å²) in [6.07, 6.45) is 2.03. The molecule has 0 aliphatic heterocycles. The van der Waals surface area contributed by atoms with E-state index in [1.54, 1.807) is 12.1 Å². The minimum atomic E-state index is -0.211. The predicted octanol–water partition coefficient (Wildman–Crippen LogP) is 4.03. The first kappa shape index (κ1) is 16.0. The summed E-state index contributed by atoms with van der Waals surface area (Å²) >= 11 is 0. The largest absolute Gasteiger partial charge is 0.378 e. The molecule has 0 spiro atoms. The zero-order valence-corrected chi connectivity index (χ0v) is 12.5. The monoisotopic (exact) mass is 266 g/mol. The van der Waals surface area contributed by atoms with Crippen LogP contribution in [0.4, 0.5) is 10.1 Å². The predicted molar refractivity (Wildman–Crippen MR) is 80.7 cm³/mol. The molecule has 0 fully saturated rings. The van der Waals surface area contributed by atoms with Gasteiger partial charge in [0.2, 0.25) is 0 Å². The number of benzene rings is 1. The van der Waals surface area contributed by atoms with Gasteiger partial charge in [-0.05, 0) is 48.9 Å². The maximum atomic E-state index is 13.0. The molecule has 1 aromatic carbocycles. The Morgan fingerprint density at radius 3 is 1.89 bits per heavy atom. The molecule has 108 valence electrons. The van der Waals surface area contributed by atoms with Crippen molar-refractivity contribution in [3.05, 3.63) is 30.1 Å². The Kier molecular flexibility index (Phi) is 5.80. The Hall–Kier alpha value is -1.09. The molecule has 0 heterocycles. The van der Waals surface area contributed by atoms with E-state index in [4.69, 9.17) is 5.73 Å². The van der Waals surface area contributed by atoms with Gasteiger partial charge in [0, 0.05) is 12.2 Å². The summed E-state index contributed by atoms with van der Waals surface area (Å²) in [6, 6.07) is 6.52. The lowest BCUT2D eigenvalue weighted by Crippen LogP contribution is -2.47. The van der Waals surface area contributed by atoms with Crippen LogP contribution in [0.5, 0.6) is 0 Å². The van der Waals surface area contributed by atoms with Crippen LogP contribution in [0.25, 0.3) is 0 Å². The zero-order chi connectivity index (χ0) is 14.5. The van der Waals surface area contributed by atoms with Crippen molar-refractivity contribution in [2.75, 3.05) is 11.9 Å². The zero-order valence-electron chi connectivity index (χ0n) is 12.5. The van der Waals surface area contributed by atoms with E-state index in [2.05, 4.69) is 33.0 Å². The molecule has 3 heteroatoms. The third-order valence-corrected chi connectivity index (χ3v) is 3.24. The fourth-order valence-electron chi connectivity index (χ4n) is 2.81. The van der Waals surface area contributed by atoms with Crippen molar-refractivity contribution in [2.45, 2.75) is 46.1 Å². The van der Waals surface area contributed by atoms with Crippen molar-refractivity contribution in [3.8, 4) is 0 Å². The second-order valence-corrected chi connectivity index (χ2v) is 6.31. The summed E-state index contributed by atoms with van der Waals surface area (Å²) < 4.78 is 13.0. The molecule has 0 aromatic heterocycles. The average Bonchev–Trinajstić information content (AvgIpc) is 2.30. The van der Waals surface area contributed by atoms with E-state index in [0.717, 1.165) is 18.5 Å². The van der Waals surface area contributed by atoms with E-state index in [9.17, 15) is 4.39 Å². The molecule has 0 radical (unpaired) electrons. The van der Waals surface area contributed by atoms with Gasteiger partial charge in [0.25, 0.3) is 0 Å². The van der Waals surface area contributed by atoms with E-state index >= 15 is 0 Å². The molecule has 0 aliphatic rings. The Morgan fingerprint density at radius 1 is 1.05 bits per heavy atom. The molecule has 0 amide bonds. The summed E-state index contributed by atoms with van der Waals surface area (Å²) in [5.74, 6) is 0.919. The van der Waals surface area contributed by atoms with Crippen LogP contribution >= 0.6 is 0 Å². The summed E-state index contributed by atoms with van der Waals surface area (Å²) in [6.45, 7) is 9.41. The highest BCUT2D eigenvalue weighted by molar-refractivity contribution is 5.45. The second-order valence-electron chi connectivity index (χ2n) is 6.31. The molecule has 1 rings (SSSR count). The standard InChI is InChI=1S/C16H27FN2/c1-12(2)9-16(11-18,10-13(3)4)19-15-7-5-14(17)6-8-15/h5-8,12-13,19H,9-11,18H2,1-4H3. The van der Waals surface area contributed by atoms with E-state index in [0.29, 0.717) is 18.4 Å².